The smallest absolute Gasteiger partial charge is 0.229 e. The zero-order valence-electron chi connectivity index (χ0n) is 10.9. The molecule has 2 aromatic heterocycles. The van der Waals surface area contributed by atoms with Crippen LogP contribution in [0.15, 0.2) is 16.0 Å². The largest absolute Gasteiger partial charge is 0.339 e. The molecule has 0 spiro atoms. The number of hydrogen-bond donors (Lipinski definition) is 0. The third kappa shape index (κ3) is 2.97. The molecule has 1 saturated carbocycles. The van der Waals surface area contributed by atoms with Gasteiger partial charge in [-0.1, -0.05) is 36.2 Å². The predicted molar refractivity (Wildman–Crippen MR) is 70.7 cm³/mol. The van der Waals surface area contributed by atoms with Crippen LogP contribution < -0.4 is 0 Å². The van der Waals surface area contributed by atoms with Gasteiger partial charge in [0.2, 0.25) is 5.89 Å². The van der Waals surface area contributed by atoms with Crippen molar-refractivity contribution in [2.24, 2.45) is 7.05 Å². The average molecular weight is 279 g/mol. The summed E-state index contributed by atoms with van der Waals surface area (Å²) in [6, 6.07) is 0. The van der Waals surface area contributed by atoms with E-state index in [2.05, 4.69) is 20.2 Å². The lowest BCUT2D eigenvalue weighted by Gasteiger charge is -2.17. The second kappa shape index (κ2) is 5.73. The summed E-state index contributed by atoms with van der Waals surface area (Å²) in [4.78, 5) is 8.66. The molecular formula is C12H17N5OS. The van der Waals surface area contributed by atoms with Gasteiger partial charge in [-0.15, -0.1) is 0 Å². The van der Waals surface area contributed by atoms with E-state index >= 15 is 0 Å². The Morgan fingerprint density at radius 2 is 2.21 bits per heavy atom. The van der Waals surface area contributed by atoms with Crippen LogP contribution in [0.4, 0.5) is 0 Å². The van der Waals surface area contributed by atoms with E-state index in [4.69, 9.17) is 4.52 Å². The number of aromatic nitrogens is 5. The molecule has 0 amide bonds. The number of thioether (sulfide) groups is 1. The van der Waals surface area contributed by atoms with Crippen molar-refractivity contribution in [1.29, 1.82) is 0 Å². The first kappa shape index (κ1) is 12.7. The molecule has 102 valence electrons. The van der Waals surface area contributed by atoms with Gasteiger partial charge in [0.25, 0.3) is 0 Å². The van der Waals surface area contributed by atoms with Crippen molar-refractivity contribution in [1.82, 2.24) is 24.9 Å². The van der Waals surface area contributed by atoms with E-state index in [0.717, 1.165) is 16.9 Å². The molecule has 0 N–H and O–H groups in total. The maximum Gasteiger partial charge on any atom is 0.229 e. The van der Waals surface area contributed by atoms with E-state index in [1.807, 2.05) is 7.05 Å². The molecule has 6 nitrogen and oxygen atoms in total. The highest BCUT2D eigenvalue weighted by molar-refractivity contribution is 7.98. The molecule has 0 aromatic carbocycles. The van der Waals surface area contributed by atoms with Crippen LogP contribution in [-0.2, 0) is 12.8 Å². The molecule has 0 saturated heterocycles. The topological polar surface area (TPSA) is 69.6 Å². The fourth-order valence-corrected chi connectivity index (χ4v) is 3.12. The Morgan fingerprint density at radius 3 is 2.95 bits per heavy atom. The summed E-state index contributed by atoms with van der Waals surface area (Å²) in [6.45, 7) is 0. The Hall–Kier alpha value is -1.37. The monoisotopic (exact) mass is 279 g/mol. The van der Waals surface area contributed by atoms with Gasteiger partial charge in [0.05, 0.1) is 5.75 Å². The predicted octanol–water partition coefficient (Wildman–Crippen LogP) is 2.54. The van der Waals surface area contributed by atoms with Crippen molar-refractivity contribution in [3.8, 4) is 0 Å². The molecule has 3 rings (SSSR count). The lowest BCUT2D eigenvalue weighted by Crippen LogP contribution is -2.04. The summed E-state index contributed by atoms with van der Waals surface area (Å²) in [6.07, 6.45) is 7.79. The zero-order valence-corrected chi connectivity index (χ0v) is 11.8. The maximum absolute atomic E-state index is 5.39. The Kier molecular flexibility index (Phi) is 3.82. The minimum absolute atomic E-state index is 0.467. The van der Waals surface area contributed by atoms with Crippen LogP contribution in [0.3, 0.4) is 0 Å². The standard InChI is InChI=1S/C12H17N5OS/c1-17-12(13-8-14-17)19-7-10-15-11(18-16-10)9-5-3-2-4-6-9/h8-9H,2-7H2,1H3. The lowest BCUT2D eigenvalue weighted by molar-refractivity contribution is 0.312. The van der Waals surface area contributed by atoms with Gasteiger partial charge in [0.15, 0.2) is 11.0 Å². The van der Waals surface area contributed by atoms with Gasteiger partial charge in [-0.25, -0.2) is 9.67 Å². The fraction of sp³-hybridized carbons (Fsp3) is 0.667. The van der Waals surface area contributed by atoms with E-state index in [1.165, 1.54) is 32.1 Å². The van der Waals surface area contributed by atoms with Crippen LogP contribution >= 0.6 is 11.8 Å². The van der Waals surface area contributed by atoms with Gasteiger partial charge in [-0.2, -0.15) is 10.1 Å². The van der Waals surface area contributed by atoms with Crippen LogP contribution in [0.25, 0.3) is 0 Å². The highest BCUT2D eigenvalue weighted by atomic mass is 32.2. The van der Waals surface area contributed by atoms with Gasteiger partial charge in [-0.05, 0) is 12.8 Å². The number of aryl methyl sites for hydroxylation is 1. The number of hydrogen-bond acceptors (Lipinski definition) is 6. The van der Waals surface area contributed by atoms with Gasteiger partial charge >= 0.3 is 0 Å². The van der Waals surface area contributed by atoms with Crippen LogP contribution in [0, 0.1) is 0 Å². The normalized spacial score (nSPS) is 16.9. The SMILES string of the molecule is Cn1ncnc1SCc1noc(C2CCCCC2)n1. The second-order valence-corrected chi connectivity index (χ2v) is 5.78. The lowest BCUT2D eigenvalue weighted by atomic mass is 9.89. The molecule has 0 bridgehead atoms. The number of nitrogens with zero attached hydrogens (tertiary/aromatic N) is 5. The Labute approximate surface area is 116 Å². The minimum Gasteiger partial charge on any atom is -0.339 e. The first-order valence-corrected chi connectivity index (χ1v) is 7.61. The van der Waals surface area contributed by atoms with Gasteiger partial charge < -0.3 is 4.52 Å². The minimum atomic E-state index is 0.467. The zero-order chi connectivity index (χ0) is 13.1. The molecule has 0 unspecified atom stereocenters. The van der Waals surface area contributed by atoms with Crippen LogP contribution in [0.1, 0.15) is 49.7 Å². The molecule has 1 aliphatic carbocycles. The average Bonchev–Trinajstić information content (AvgIpc) is 3.06. The first-order chi connectivity index (χ1) is 9.33. The Balaban J connectivity index is 1.60. The molecule has 1 aliphatic rings. The quantitative estimate of drug-likeness (QED) is 0.801. The summed E-state index contributed by atoms with van der Waals surface area (Å²) >= 11 is 1.57. The van der Waals surface area contributed by atoms with Crippen molar-refractivity contribution in [3.63, 3.8) is 0 Å². The molecule has 0 aliphatic heterocycles. The third-order valence-electron chi connectivity index (χ3n) is 3.44. The van der Waals surface area contributed by atoms with E-state index in [9.17, 15) is 0 Å². The third-order valence-corrected chi connectivity index (χ3v) is 4.47. The fourth-order valence-electron chi connectivity index (χ4n) is 2.39. The summed E-state index contributed by atoms with van der Waals surface area (Å²) in [5.74, 6) is 2.69. The molecule has 2 heterocycles. The first-order valence-electron chi connectivity index (χ1n) is 6.62. The van der Waals surface area contributed by atoms with E-state index < -0.39 is 0 Å². The summed E-state index contributed by atoms with van der Waals surface area (Å²) in [5, 5.41) is 8.95. The highest BCUT2D eigenvalue weighted by Gasteiger charge is 2.21. The summed E-state index contributed by atoms with van der Waals surface area (Å²) in [5.41, 5.74) is 0. The van der Waals surface area contributed by atoms with Crippen molar-refractivity contribution in [2.75, 3.05) is 0 Å². The molecule has 2 aromatic rings. The molecular weight excluding hydrogens is 262 g/mol. The van der Waals surface area contributed by atoms with Gasteiger partial charge in [-0.3, -0.25) is 0 Å². The second-order valence-electron chi connectivity index (χ2n) is 4.84. The van der Waals surface area contributed by atoms with E-state index in [-0.39, 0.29) is 0 Å². The van der Waals surface area contributed by atoms with Crippen LogP contribution in [0.2, 0.25) is 0 Å². The van der Waals surface area contributed by atoms with E-state index in [0.29, 0.717) is 11.7 Å². The molecule has 7 heteroatoms. The Morgan fingerprint density at radius 1 is 1.37 bits per heavy atom. The van der Waals surface area contributed by atoms with Crippen molar-refractivity contribution in [2.45, 2.75) is 48.9 Å². The maximum atomic E-state index is 5.39. The molecule has 0 radical (unpaired) electrons. The van der Waals surface area contributed by atoms with Crippen LogP contribution in [0.5, 0.6) is 0 Å². The molecule has 0 atom stereocenters. The molecule has 19 heavy (non-hydrogen) atoms. The van der Waals surface area contributed by atoms with Crippen LogP contribution in [-0.4, -0.2) is 24.9 Å². The molecule has 1 fully saturated rings. The highest BCUT2D eigenvalue weighted by Crippen LogP contribution is 2.31. The summed E-state index contributed by atoms with van der Waals surface area (Å²) < 4.78 is 7.13. The van der Waals surface area contributed by atoms with E-state index in [1.54, 1.807) is 22.8 Å². The van der Waals surface area contributed by atoms with Crippen molar-refractivity contribution in [3.05, 3.63) is 18.0 Å². The van der Waals surface area contributed by atoms with Gasteiger partial charge in [0, 0.05) is 13.0 Å². The summed E-state index contributed by atoms with van der Waals surface area (Å²) in [7, 11) is 1.87. The number of rotatable bonds is 4. The van der Waals surface area contributed by atoms with Crippen molar-refractivity contribution < 1.29 is 4.52 Å². The van der Waals surface area contributed by atoms with Crippen molar-refractivity contribution >= 4 is 11.8 Å². The Bertz CT molecular complexity index is 532. The van der Waals surface area contributed by atoms with Gasteiger partial charge in [0.1, 0.15) is 6.33 Å².